The maximum atomic E-state index is 12.7. The summed E-state index contributed by atoms with van der Waals surface area (Å²) in [5.74, 6) is 0.649. The summed E-state index contributed by atoms with van der Waals surface area (Å²) in [4.78, 5) is 15.2. The van der Waals surface area contributed by atoms with Gasteiger partial charge in [0, 0.05) is 13.1 Å². The van der Waals surface area contributed by atoms with E-state index in [9.17, 15) is 4.79 Å². The number of fused-ring (bicyclic) bond motifs is 1. The van der Waals surface area contributed by atoms with E-state index in [2.05, 4.69) is 46.6 Å². The minimum absolute atomic E-state index is 0.0759. The van der Waals surface area contributed by atoms with E-state index in [1.165, 1.54) is 37.9 Å². The highest BCUT2D eigenvalue weighted by Gasteiger charge is 2.18. The first-order valence-electron chi connectivity index (χ1n) is 11.4. The normalized spacial score (nSPS) is 15.5. The number of carbonyl (C=O) groups is 1. The number of hydrogen-bond acceptors (Lipinski definition) is 3. The fourth-order valence-electron chi connectivity index (χ4n) is 4.17. The van der Waals surface area contributed by atoms with Crippen LogP contribution in [0.5, 0.6) is 5.75 Å². The summed E-state index contributed by atoms with van der Waals surface area (Å²) >= 11 is 0. The van der Waals surface area contributed by atoms with Crippen LogP contribution < -0.4 is 10.1 Å². The van der Waals surface area contributed by atoms with Crippen molar-refractivity contribution in [2.24, 2.45) is 0 Å². The standard InChI is InChI=1S/C27H32N2O2/c1-2-26(31-25-15-14-23-8-4-5-9-24(23)18-25)27(30)28-19-21-10-12-22(13-11-21)20-29-16-6-3-7-17-29/h4-5,8-15,18,26H,2-3,6-7,16-17,19-20H2,1H3,(H,28,30)/t26-/m1/s1. The second kappa shape index (κ2) is 10.5. The number of hydrogen-bond donors (Lipinski definition) is 1. The molecule has 31 heavy (non-hydrogen) atoms. The maximum absolute atomic E-state index is 12.7. The summed E-state index contributed by atoms with van der Waals surface area (Å²) in [5, 5.41) is 5.31. The second-order valence-corrected chi connectivity index (χ2v) is 8.39. The van der Waals surface area contributed by atoms with Crippen LogP contribution in [0.4, 0.5) is 0 Å². The van der Waals surface area contributed by atoms with Crippen molar-refractivity contribution < 1.29 is 9.53 Å². The molecular weight excluding hydrogens is 384 g/mol. The first kappa shape index (κ1) is 21.4. The van der Waals surface area contributed by atoms with Gasteiger partial charge in [0.25, 0.3) is 5.91 Å². The highest BCUT2D eigenvalue weighted by atomic mass is 16.5. The van der Waals surface area contributed by atoms with E-state index in [1.807, 2.05) is 37.3 Å². The third-order valence-corrected chi connectivity index (χ3v) is 6.01. The van der Waals surface area contributed by atoms with Gasteiger partial charge in [0.1, 0.15) is 5.75 Å². The molecule has 1 heterocycles. The molecule has 0 aliphatic carbocycles. The van der Waals surface area contributed by atoms with Gasteiger partial charge in [-0.25, -0.2) is 0 Å². The molecule has 0 saturated carbocycles. The number of carbonyl (C=O) groups excluding carboxylic acids is 1. The first-order valence-corrected chi connectivity index (χ1v) is 11.4. The number of nitrogens with one attached hydrogen (secondary N) is 1. The van der Waals surface area contributed by atoms with E-state index in [0.29, 0.717) is 13.0 Å². The Labute approximate surface area is 185 Å². The van der Waals surface area contributed by atoms with Crippen LogP contribution in [0.25, 0.3) is 10.8 Å². The molecule has 1 fully saturated rings. The third-order valence-electron chi connectivity index (χ3n) is 6.01. The van der Waals surface area contributed by atoms with Crippen LogP contribution in [-0.4, -0.2) is 30.0 Å². The summed E-state index contributed by atoms with van der Waals surface area (Å²) in [7, 11) is 0. The number of ether oxygens (including phenoxy) is 1. The van der Waals surface area contributed by atoms with E-state index < -0.39 is 6.10 Å². The highest BCUT2D eigenvalue weighted by molar-refractivity contribution is 5.84. The van der Waals surface area contributed by atoms with E-state index in [-0.39, 0.29) is 5.91 Å². The van der Waals surface area contributed by atoms with Gasteiger partial charge in [0.15, 0.2) is 6.10 Å². The van der Waals surface area contributed by atoms with E-state index in [4.69, 9.17) is 4.74 Å². The average molecular weight is 417 g/mol. The lowest BCUT2D eigenvalue weighted by molar-refractivity contribution is -0.128. The van der Waals surface area contributed by atoms with Crippen molar-refractivity contribution >= 4 is 16.7 Å². The minimum Gasteiger partial charge on any atom is -0.481 e. The van der Waals surface area contributed by atoms with E-state index in [0.717, 1.165) is 28.6 Å². The smallest absolute Gasteiger partial charge is 0.261 e. The predicted molar refractivity (Wildman–Crippen MR) is 126 cm³/mol. The number of nitrogens with zero attached hydrogens (tertiary/aromatic N) is 1. The summed E-state index contributed by atoms with van der Waals surface area (Å²) in [6, 6.07) is 22.7. The average Bonchev–Trinajstić information content (AvgIpc) is 2.82. The van der Waals surface area contributed by atoms with Crippen molar-refractivity contribution in [2.45, 2.75) is 51.8 Å². The number of piperidine rings is 1. The van der Waals surface area contributed by atoms with Crippen LogP contribution in [0.1, 0.15) is 43.7 Å². The molecule has 0 spiro atoms. The lowest BCUT2D eigenvalue weighted by Gasteiger charge is -2.26. The van der Waals surface area contributed by atoms with Gasteiger partial charge in [0.05, 0.1) is 0 Å². The van der Waals surface area contributed by atoms with Gasteiger partial charge in [-0.3, -0.25) is 9.69 Å². The lowest BCUT2D eigenvalue weighted by atomic mass is 10.1. The number of benzene rings is 3. The summed E-state index contributed by atoms with van der Waals surface area (Å²) < 4.78 is 6.01. The molecule has 0 aromatic heterocycles. The lowest BCUT2D eigenvalue weighted by Crippen LogP contribution is -2.37. The quantitative estimate of drug-likeness (QED) is 0.542. The minimum atomic E-state index is -0.500. The molecule has 4 rings (SSSR count). The Kier molecular flexibility index (Phi) is 7.21. The van der Waals surface area contributed by atoms with Crippen LogP contribution in [-0.2, 0) is 17.9 Å². The monoisotopic (exact) mass is 416 g/mol. The van der Waals surface area contributed by atoms with E-state index >= 15 is 0 Å². The van der Waals surface area contributed by atoms with E-state index in [1.54, 1.807) is 0 Å². The van der Waals surface area contributed by atoms with Crippen LogP contribution in [0.15, 0.2) is 66.7 Å². The zero-order chi connectivity index (χ0) is 21.5. The summed E-state index contributed by atoms with van der Waals surface area (Å²) in [6.07, 6.45) is 4.10. The molecule has 0 radical (unpaired) electrons. The molecule has 162 valence electrons. The Balaban J connectivity index is 1.30. The molecule has 4 nitrogen and oxygen atoms in total. The number of rotatable bonds is 8. The van der Waals surface area contributed by atoms with Gasteiger partial charge in [0.2, 0.25) is 0 Å². The van der Waals surface area contributed by atoms with Gasteiger partial charge in [-0.15, -0.1) is 0 Å². The SMILES string of the molecule is CC[C@@H](Oc1ccc2ccccc2c1)C(=O)NCc1ccc(CN2CCCCC2)cc1. The molecule has 1 saturated heterocycles. The molecule has 1 atom stereocenters. The van der Waals surface area contributed by atoms with Crippen LogP contribution in [0.2, 0.25) is 0 Å². The highest BCUT2D eigenvalue weighted by Crippen LogP contribution is 2.22. The van der Waals surface area contributed by atoms with Crippen molar-refractivity contribution in [3.8, 4) is 5.75 Å². The van der Waals surface area contributed by atoms with Gasteiger partial charge in [-0.05, 0) is 66.4 Å². The largest absolute Gasteiger partial charge is 0.481 e. The molecule has 4 heteroatoms. The van der Waals surface area contributed by atoms with Crippen LogP contribution in [0, 0.1) is 0 Å². The van der Waals surface area contributed by atoms with Gasteiger partial charge in [-0.2, -0.15) is 0 Å². The fraction of sp³-hybridized carbons (Fsp3) is 0.370. The molecule has 1 N–H and O–H groups in total. The topological polar surface area (TPSA) is 41.6 Å². The Bertz CT molecular complexity index is 994. The second-order valence-electron chi connectivity index (χ2n) is 8.39. The third kappa shape index (κ3) is 5.86. The van der Waals surface area contributed by atoms with Gasteiger partial charge in [-0.1, -0.05) is 67.9 Å². The van der Waals surface area contributed by atoms with Gasteiger partial charge < -0.3 is 10.1 Å². The van der Waals surface area contributed by atoms with Crippen molar-refractivity contribution in [2.75, 3.05) is 13.1 Å². The van der Waals surface area contributed by atoms with Crippen molar-refractivity contribution in [3.63, 3.8) is 0 Å². The number of likely N-dealkylation sites (tertiary alicyclic amines) is 1. The van der Waals surface area contributed by atoms with Crippen LogP contribution in [0.3, 0.4) is 0 Å². The summed E-state index contributed by atoms with van der Waals surface area (Å²) in [6.45, 7) is 5.91. The first-order chi connectivity index (χ1) is 15.2. The van der Waals surface area contributed by atoms with Crippen molar-refractivity contribution in [1.82, 2.24) is 10.2 Å². The van der Waals surface area contributed by atoms with Crippen molar-refractivity contribution in [1.29, 1.82) is 0 Å². The predicted octanol–water partition coefficient (Wildman–Crippen LogP) is 5.30. The molecule has 3 aromatic carbocycles. The number of amides is 1. The van der Waals surface area contributed by atoms with Crippen molar-refractivity contribution in [3.05, 3.63) is 77.9 Å². The Hall–Kier alpha value is -2.85. The Morgan fingerprint density at radius 2 is 1.65 bits per heavy atom. The molecule has 1 aliphatic heterocycles. The zero-order valence-corrected chi connectivity index (χ0v) is 18.3. The Morgan fingerprint density at radius 3 is 2.39 bits per heavy atom. The summed E-state index contributed by atoms with van der Waals surface area (Å²) in [5.41, 5.74) is 2.44. The Morgan fingerprint density at radius 1 is 0.935 bits per heavy atom. The molecular formula is C27H32N2O2. The molecule has 0 unspecified atom stereocenters. The zero-order valence-electron chi connectivity index (χ0n) is 18.3. The maximum Gasteiger partial charge on any atom is 0.261 e. The molecule has 3 aromatic rings. The molecule has 1 aliphatic rings. The fourth-order valence-corrected chi connectivity index (χ4v) is 4.17. The van der Waals surface area contributed by atoms with Crippen LogP contribution >= 0.6 is 0 Å². The molecule has 1 amide bonds. The van der Waals surface area contributed by atoms with Gasteiger partial charge >= 0.3 is 0 Å². The molecule has 0 bridgehead atoms.